The van der Waals surface area contributed by atoms with E-state index in [0.29, 0.717) is 6.61 Å². The molecule has 0 bridgehead atoms. The van der Waals surface area contributed by atoms with Gasteiger partial charge in [-0.2, -0.15) is 0 Å². The summed E-state index contributed by atoms with van der Waals surface area (Å²) in [7, 11) is 0. The lowest BCUT2D eigenvalue weighted by Gasteiger charge is -2.32. The van der Waals surface area contributed by atoms with Crippen molar-refractivity contribution in [3.8, 4) is 0 Å². The van der Waals surface area contributed by atoms with Gasteiger partial charge in [0.25, 0.3) is 0 Å². The number of ether oxygens (including phenoxy) is 1. The molecule has 2 nitrogen and oxygen atoms in total. The van der Waals surface area contributed by atoms with E-state index in [1.165, 1.54) is 0 Å². The number of hydrogen-bond donors (Lipinski definition) is 1. The van der Waals surface area contributed by atoms with E-state index >= 15 is 0 Å². The van der Waals surface area contributed by atoms with Gasteiger partial charge in [0.05, 0.1) is 12.7 Å². The van der Waals surface area contributed by atoms with Crippen LogP contribution < -0.4 is 5.73 Å². The van der Waals surface area contributed by atoms with Crippen LogP contribution in [0.3, 0.4) is 0 Å². The molecule has 0 aromatic heterocycles. The van der Waals surface area contributed by atoms with E-state index in [4.69, 9.17) is 10.5 Å². The molecule has 0 rings (SSSR count). The highest BCUT2D eigenvalue weighted by molar-refractivity contribution is 4.83. The van der Waals surface area contributed by atoms with Crippen molar-refractivity contribution in [2.24, 2.45) is 11.1 Å². The fraction of sp³-hybridized carbons (Fsp3) is 1.00. The first-order valence-corrected chi connectivity index (χ1v) is 5.03. The zero-order valence-electron chi connectivity index (χ0n) is 9.98. The smallest absolute Gasteiger partial charge is 0.0647 e. The second-order valence-corrected chi connectivity index (χ2v) is 5.75. The summed E-state index contributed by atoms with van der Waals surface area (Å²) in [6.07, 6.45) is 1.25. The summed E-state index contributed by atoms with van der Waals surface area (Å²) in [4.78, 5) is 0. The van der Waals surface area contributed by atoms with Gasteiger partial charge in [-0.15, -0.1) is 0 Å². The molecule has 0 aliphatic heterocycles. The fourth-order valence-electron chi connectivity index (χ4n) is 1.62. The fourth-order valence-corrected chi connectivity index (χ4v) is 1.62. The van der Waals surface area contributed by atoms with E-state index in [9.17, 15) is 0 Å². The van der Waals surface area contributed by atoms with Crippen LogP contribution in [-0.4, -0.2) is 18.2 Å². The van der Waals surface area contributed by atoms with E-state index in [-0.39, 0.29) is 17.1 Å². The van der Waals surface area contributed by atoms with Crippen LogP contribution in [0.25, 0.3) is 0 Å². The third kappa shape index (κ3) is 8.26. The highest BCUT2D eigenvalue weighted by atomic mass is 16.5. The van der Waals surface area contributed by atoms with Gasteiger partial charge >= 0.3 is 0 Å². The van der Waals surface area contributed by atoms with Crippen LogP contribution in [-0.2, 0) is 4.74 Å². The largest absolute Gasteiger partial charge is 0.377 e. The average molecular weight is 187 g/mol. The summed E-state index contributed by atoms with van der Waals surface area (Å²) in [5, 5.41) is 0. The molecule has 0 amide bonds. The second kappa shape index (κ2) is 4.43. The van der Waals surface area contributed by atoms with Crippen LogP contribution in [0.15, 0.2) is 0 Å². The highest BCUT2D eigenvalue weighted by Gasteiger charge is 2.26. The summed E-state index contributed by atoms with van der Waals surface area (Å²) in [6.45, 7) is 13.4. The topological polar surface area (TPSA) is 35.2 Å². The van der Waals surface area contributed by atoms with Gasteiger partial charge in [-0.3, -0.25) is 0 Å². The quantitative estimate of drug-likeness (QED) is 0.734. The molecule has 0 spiro atoms. The van der Waals surface area contributed by atoms with Crippen molar-refractivity contribution in [3.63, 3.8) is 0 Å². The normalized spacial score (nSPS) is 17.5. The van der Waals surface area contributed by atoms with Crippen molar-refractivity contribution in [3.05, 3.63) is 0 Å². The Morgan fingerprint density at radius 2 is 1.62 bits per heavy atom. The van der Waals surface area contributed by atoms with E-state index < -0.39 is 0 Å². The van der Waals surface area contributed by atoms with Gasteiger partial charge in [0, 0.05) is 5.54 Å². The van der Waals surface area contributed by atoms with Gasteiger partial charge in [-0.05, 0) is 32.6 Å². The third-order valence-electron chi connectivity index (χ3n) is 1.68. The Morgan fingerprint density at radius 3 is 1.92 bits per heavy atom. The first-order valence-electron chi connectivity index (χ1n) is 5.03. The zero-order valence-corrected chi connectivity index (χ0v) is 9.98. The molecule has 1 unspecified atom stereocenters. The predicted molar refractivity (Wildman–Crippen MR) is 57.8 cm³/mol. The number of rotatable bonds is 4. The Balaban J connectivity index is 3.94. The molecule has 0 aliphatic carbocycles. The maximum absolute atomic E-state index is 6.13. The Morgan fingerprint density at radius 1 is 1.15 bits per heavy atom. The molecule has 0 saturated carbocycles. The first-order chi connectivity index (χ1) is 5.62. The van der Waals surface area contributed by atoms with Crippen LogP contribution in [0.5, 0.6) is 0 Å². The van der Waals surface area contributed by atoms with Crippen LogP contribution in [0.1, 0.15) is 48.0 Å². The molecule has 13 heavy (non-hydrogen) atoms. The minimum absolute atomic E-state index is 0.206. The molecule has 0 aromatic rings. The van der Waals surface area contributed by atoms with Gasteiger partial charge in [-0.25, -0.2) is 0 Å². The molecule has 2 heteroatoms. The standard InChI is InChI=1S/C11H25NO/c1-9(2)13-8-11(6,12)7-10(3,4)5/h9H,7-8,12H2,1-6H3. The van der Waals surface area contributed by atoms with E-state index in [1.54, 1.807) is 0 Å². The molecule has 0 fully saturated rings. The lowest BCUT2D eigenvalue weighted by Crippen LogP contribution is -2.45. The van der Waals surface area contributed by atoms with E-state index in [2.05, 4.69) is 27.7 Å². The van der Waals surface area contributed by atoms with Crippen molar-refractivity contribution in [2.45, 2.75) is 59.6 Å². The Bertz CT molecular complexity index is 145. The molecular formula is C11H25NO. The van der Waals surface area contributed by atoms with Crippen molar-refractivity contribution < 1.29 is 4.74 Å². The Kier molecular flexibility index (Phi) is 4.40. The Hall–Kier alpha value is -0.0800. The van der Waals surface area contributed by atoms with Gasteiger partial charge < -0.3 is 10.5 Å². The Labute approximate surface area is 82.8 Å². The van der Waals surface area contributed by atoms with E-state index in [0.717, 1.165) is 6.42 Å². The summed E-state index contributed by atoms with van der Waals surface area (Å²) >= 11 is 0. The molecule has 0 aromatic carbocycles. The monoisotopic (exact) mass is 187 g/mol. The number of hydrogen-bond acceptors (Lipinski definition) is 2. The maximum Gasteiger partial charge on any atom is 0.0647 e. The van der Waals surface area contributed by atoms with Crippen molar-refractivity contribution in [1.82, 2.24) is 0 Å². The molecule has 2 N–H and O–H groups in total. The summed E-state index contributed by atoms with van der Waals surface area (Å²) < 4.78 is 5.53. The second-order valence-electron chi connectivity index (χ2n) is 5.75. The SMILES string of the molecule is CC(C)OCC(C)(N)CC(C)(C)C. The molecule has 0 aliphatic rings. The van der Waals surface area contributed by atoms with Gasteiger partial charge in [0.2, 0.25) is 0 Å². The predicted octanol–water partition coefficient (Wildman–Crippen LogP) is 2.57. The lowest BCUT2D eigenvalue weighted by atomic mass is 9.82. The van der Waals surface area contributed by atoms with Crippen LogP contribution in [0.2, 0.25) is 0 Å². The minimum Gasteiger partial charge on any atom is -0.377 e. The van der Waals surface area contributed by atoms with Gasteiger partial charge in [-0.1, -0.05) is 20.8 Å². The molecule has 0 radical (unpaired) electrons. The number of nitrogens with two attached hydrogens (primary N) is 1. The van der Waals surface area contributed by atoms with Crippen molar-refractivity contribution in [1.29, 1.82) is 0 Å². The van der Waals surface area contributed by atoms with Crippen molar-refractivity contribution in [2.75, 3.05) is 6.61 Å². The zero-order chi connectivity index (χ0) is 10.7. The molecule has 0 saturated heterocycles. The molecule has 80 valence electrons. The van der Waals surface area contributed by atoms with Crippen LogP contribution in [0.4, 0.5) is 0 Å². The lowest BCUT2D eigenvalue weighted by molar-refractivity contribution is 0.0329. The minimum atomic E-state index is -0.206. The molecular weight excluding hydrogens is 162 g/mol. The van der Waals surface area contributed by atoms with Gasteiger partial charge in [0.15, 0.2) is 0 Å². The van der Waals surface area contributed by atoms with Gasteiger partial charge in [0.1, 0.15) is 0 Å². The summed E-state index contributed by atoms with van der Waals surface area (Å²) in [5.41, 5.74) is 6.19. The average Bonchev–Trinajstić information content (AvgIpc) is 1.78. The van der Waals surface area contributed by atoms with Crippen LogP contribution in [0, 0.1) is 5.41 Å². The third-order valence-corrected chi connectivity index (χ3v) is 1.68. The highest BCUT2D eigenvalue weighted by Crippen LogP contribution is 2.25. The molecule has 0 heterocycles. The summed E-state index contributed by atoms with van der Waals surface area (Å²) in [5.74, 6) is 0. The van der Waals surface area contributed by atoms with Crippen LogP contribution >= 0.6 is 0 Å². The summed E-state index contributed by atoms with van der Waals surface area (Å²) in [6, 6.07) is 0. The van der Waals surface area contributed by atoms with E-state index in [1.807, 2.05) is 13.8 Å². The maximum atomic E-state index is 6.13. The van der Waals surface area contributed by atoms with Crippen molar-refractivity contribution >= 4 is 0 Å². The molecule has 1 atom stereocenters. The first kappa shape index (κ1) is 12.9.